The van der Waals surface area contributed by atoms with Crippen molar-refractivity contribution in [1.82, 2.24) is 15.4 Å². The molecule has 1 heterocycles. The molecular weight excluding hydrogens is 378 g/mol. The number of hydrogen-bond acceptors (Lipinski definition) is 7. The summed E-state index contributed by atoms with van der Waals surface area (Å²) >= 11 is 0. The summed E-state index contributed by atoms with van der Waals surface area (Å²) in [6, 6.07) is 11.9. The quantitative estimate of drug-likeness (QED) is 0.524. The molecule has 0 atom stereocenters. The van der Waals surface area contributed by atoms with Crippen LogP contribution in [0, 0.1) is 0 Å². The molecule has 1 aromatic heterocycles. The number of nitrogens with zero attached hydrogens (tertiary/aromatic N) is 2. The predicted octanol–water partition coefficient (Wildman–Crippen LogP) is 1.61. The van der Waals surface area contributed by atoms with Crippen LogP contribution in [0.15, 0.2) is 42.5 Å². The number of aromatic nitrogens is 3. The van der Waals surface area contributed by atoms with Crippen molar-refractivity contribution >= 4 is 17.5 Å². The maximum atomic E-state index is 12.2. The van der Waals surface area contributed by atoms with Crippen molar-refractivity contribution in [3.63, 3.8) is 0 Å². The van der Waals surface area contributed by atoms with E-state index in [9.17, 15) is 9.59 Å². The van der Waals surface area contributed by atoms with E-state index in [0.29, 0.717) is 28.5 Å². The van der Waals surface area contributed by atoms with E-state index >= 15 is 0 Å². The molecule has 0 aliphatic heterocycles. The van der Waals surface area contributed by atoms with E-state index in [1.165, 1.54) is 14.2 Å². The fraction of sp³-hybridized carbons (Fsp3) is 0.158. The van der Waals surface area contributed by atoms with Gasteiger partial charge in [-0.2, -0.15) is 15.4 Å². The number of para-hydroxylation sites is 2. The van der Waals surface area contributed by atoms with Gasteiger partial charge in [-0.15, -0.1) is 0 Å². The van der Waals surface area contributed by atoms with Crippen molar-refractivity contribution in [3.05, 3.63) is 48.2 Å². The van der Waals surface area contributed by atoms with Crippen molar-refractivity contribution in [2.24, 2.45) is 5.73 Å². The Bertz CT molecular complexity index is 1030. The number of amides is 2. The number of aromatic amines is 1. The van der Waals surface area contributed by atoms with Crippen molar-refractivity contribution < 1.29 is 23.8 Å². The largest absolute Gasteiger partial charge is 0.495 e. The normalized spacial score (nSPS) is 10.3. The summed E-state index contributed by atoms with van der Waals surface area (Å²) in [5, 5.41) is 12.8. The van der Waals surface area contributed by atoms with Gasteiger partial charge in [-0.3, -0.25) is 9.59 Å². The number of hydrogen-bond donors (Lipinski definition) is 3. The molecule has 0 aliphatic carbocycles. The lowest BCUT2D eigenvalue weighted by Gasteiger charge is -2.13. The lowest BCUT2D eigenvalue weighted by Crippen LogP contribution is -2.20. The minimum atomic E-state index is -0.707. The fourth-order valence-electron chi connectivity index (χ4n) is 2.62. The third-order valence-electron chi connectivity index (χ3n) is 3.96. The van der Waals surface area contributed by atoms with Crippen LogP contribution >= 0.6 is 0 Å². The van der Waals surface area contributed by atoms with Gasteiger partial charge in [0, 0.05) is 5.56 Å². The standard InChI is InChI=1S/C19H19N5O5/c1-27-13-6-4-3-5-12(13)21-16(25)10-29-14-8-7-11(9-15(14)28-2)17-18(19(20)26)23-24-22-17/h3-9H,10H2,1-2H3,(H2,20,26)(H,21,25)(H,22,23,24). The monoisotopic (exact) mass is 397 g/mol. The predicted molar refractivity (Wildman–Crippen MR) is 104 cm³/mol. The van der Waals surface area contributed by atoms with Crippen LogP contribution in [0.5, 0.6) is 17.2 Å². The number of nitrogens with two attached hydrogens (primary N) is 1. The first-order chi connectivity index (χ1) is 14.0. The molecule has 0 spiro atoms. The number of carbonyl (C=O) groups excluding carboxylic acids is 2. The highest BCUT2D eigenvalue weighted by atomic mass is 16.5. The molecule has 3 aromatic rings. The molecule has 4 N–H and O–H groups in total. The van der Waals surface area contributed by atoms with E-state index in [2.05, 4.69) is 20.7 Å². The summed E-state index contributed by atoms with van der Waals surface area (Å²) in [5.41, 5.74) is 6.68. The number of anilines is 1. The van der Waals surface area contributed by atoms with Crippen LogP contribution in [0.4, 0.5) is 5.69 Å². The Kier molecular flexibility index (Phi) is 5.93. The van der Waals surface area contributed by atoms with Crippen LogP contribution in [-0.4, -0.2) is 48.1 Å². The zero-order chi connectivity index (χ0) is 20.8. The lowest BCUT2D eigenvalue weighted by molar-refractivity contribution is -0.118. The van der Waals surface area contributed by atoms with Crippen molar-refractivity contribution in [2.75, 3.05) is 26.1 Å². The van der Waals surface area contributed by atoms with Gasteiger partial charge in [-0.25, -0.2) is 0 Å². The Morgan fingerprint density at radius 1 is 1.03 bits per heavy atom. The number of ether oxygens (including phenoxy) is 3. The minimum Gasteiger partial charge on any atom is -0.495 e. The van der Waals surface area contributed by atoms with Crippen LogP contribution < -0.4 is 25.3 Å². The molecule has 2 amide bonds. The fourth-order valence-corrected chi connectivity index (χ4v) is 2.62. The molecular formula is C19H19N5O5. The second-order valence-electron chi connectivity index (χ2n) is 5.79. The number of H-pyrrole nitrogens is 1. The SMILES string of the molecule is COc1ccccc1NC(=O)COc1ccc(-c2n[nH]nc2C(N)=O)cc1OC. The molecule has 2 aromatic carbocycles. The topological polar surface area (TPSA) is 141 Å². The number of nitrogens with one attached hydrogen (secondary N) is 2. The van der Waals surface area contributed by atoms with Gasteiger partial charge < -0.3 is 25.3 Å². The van der Waals surface area contributed by atoms with Gasteiger partial charge in [0.15, 0.2) is 23.8 Å². The van der Waals surface area contributed by atoms with Crippen LogP contribution in [-0.2, 0) is 4.79 Å². The summed E-state index contributed by atoms with van der Waals surface area (Å²) in [7, 11) is 2.98. The molecule has 0 saturated carbocycles. The van der Waals surface area contributed by atoms with E-state index in [1.807, 2.05) is 0 Å². The zero-order valence-electron chi connectivity index (χ0n) is 15.8. The highest BCUT2D eigenvalue weighted by Crippen LogP contribution is 2.32. The maximum Gasteiger partial charge on any atom is 0.271 e. The average molecular weight is 397 g/mol. The Balaban J connectivity index is 1.72. The Labute approximate surface area is 166 Å². The minimum absolute atomic E-state index is 0.0110. The summed E-state index contributed by atoms with van der Waals surface area (Å²) in [5.74, 6) is 0.163. The Morgan fingerprint density at radius 3 is 2.52 bits per heavy atom. The van der Waals surface area contributed by atoms with Crippen molar-refractivity contribution in [3.8, 4) is 28.5 Å². The van der Waals surface area contributed by atoms with E-state index in [4.69, 9.17) is 19.9 Å². The van der Waals surface area contributed by atoms with Crippen LogP contribution in [0.3, 0.4) is 0 Å². The van der Waals surface area contributed by atoms with E-state index in [1.54, 1.807) is 42.5 Å². The van der Waals surface area contributed by atoms with Crippen LogP contribution in [0.1, 0.15) is 10.5 Å². The summed E-state index contributed by atoms with van der Waals surface area (Å²) < 4.78 is 16.1. The number of rotatable bonds is 8. The lowest BCUT2D eigenvalue weighted by atomic mass is 10.1. The van der Waals surface area contributed by atoms with Gasteiger partial charge in [0.25, 0.3) is 11.8 Å². The summed E-state index contributed by atoms with van der Waals surface area (Å²) in [4.78, 5) is 23.7. The van der Waals surface area contributed by atoms with E-state index in [0.717, 1.165) is 0 Å². The highest BCUT2D eigenvalue weighted by Gasteiger charge is 2.17. The van der Waals surface area contributed by atoms with Gasteiger partial charge in [0.1, 0.15) is 11.4 Å². The molecule has 29 heavy (non-hydrogen) atoms. The van der Waals surface area contributed by atoms with Gasteiger partial charge in [-0.05, 0) is 30.3 Å². The average Bonchev–Trinajstić information content (AvgIpc) is 3.23. The second kappa shape index (κ2) is 8.74. The molecule has 0 fully saturated rings. The van der Waals surface area contributed by atoms with Gasteiger partial charge in [-0.1, -0.05) is 12.1 Å². The van der Waals surface area contributed by atoms with Crippen LogP contribution in [0.2, 0.25) is 0 Å². The number of carbonyl (C=O) groups is 2. The van der Waals surface area contributed by atoms with E-state index < -0.39 is 5.91 Å². The van der Waals surface area contributed by atoms with Crippen LogP contribution in [0.25, 0.3) is 11.3 Å². The maximum absolute atomic E-state index is 12.2. The first-order valence-electron chi connectivity index (χ1n) is 8.48. The van der Waals surface area contributed by atoms with Crippen molar-refractivity contribution in [1.29, 1.82) is 0 Å². The molecule has 0 saturated heterocycles. The molecule has 0 bridgehead atoms. The smallest absolute Gasteiger partial charge is 0.271 e. The molecule has 0 aliphatic rings. The Hall–Kier alpha value is -4.08. The first-order valence-corrected chi connectivity index (χ1v) is 8.48. The molecule has 3 rings (SSSR count). The number of benzene rings is 2. The summed E-state index contributed by atoms with van der Waals surface area (Å²) in [6.45, 7) is -0.246. The van der Waals surface area contributed by atoms with Gasteiger partial charge in [0.2, 0.25) is 0 Å². The molecule has 0 unspecified atom stereocenters. The Morgan fingerprint density at radius 2 is 1.79 bits per heavy atom. The first kappa shape index (κ1) is 19.7. The van der Waals surface area contributed by atoms with Gasteiger partial charge in [0.05, 0.1) is 19.9 Å². The highest BCUT2D eigenvalue weighted by molar-refractivity contribution is 5.97. The third kappa shape index (κ3) is 4.43. The number of methoxy groups -OCH3 is 2. The second-order valence-corrected chi connectivity index (χ2v) is 5.79. The summed E-state index contributed by atoms with van der Waals surface area (Å²) in [6.07, 6.45) is 0. The molecule has 10 heteroatoms. The molecule has 0 radical (unpaired) electrons. The van der Waals surface area contributed by atoms with Crippen molar-refractivity contribution in [2.45, 2.75) is 0 Å². The number of primary amides is 1. The zero-order valence-corrected chi connectivity index (χ0v) is 15.8. The molecule has 10 nitrogen and oxygen atoms in total. The van der Waals surface area contributed by atoms with Gasteiger partial charge >= 0.3 is 0 Å². The van der Waals surface area contributed by atoms with E-state index in [-0.39, 0.29) is 23.9 Å². The molecule has 150 valence electrons. The third-order valence-corrected chi connectivity index (χ3v) is 3.96.